The predicted molar refractivity (Wildman–Crippen MR) is 88.5 cm³/mol. The summed E-state index contributed by atoms with van der Waals surface area (Å²) >= 11 is 1.35. The molecule has 3 nitrogen and oxygen atoms in total. The lowest BCUT2D eigenvalue weighted by molar-refractivity contribution is -0.153. The Morgan fingerprint density at radius 1 is 1.12 bits per heavy atom. The molecule has 0 aliphatic rings. The highest BCUT2D eigenvalue weighted by atomic mass is 32.2. The summed E-state index contributed by atoms with van der Waals surface area (Å²) in [6.07, 6.45) is -4.43. The van der Waals surface area contributed by atoms with Crippen molar-refractivity contribution in [2.24, 2.45) is 0 Å². The number of anilines is 1. The van der Waals surface area contributed by atoms with Gasteiger partial charge in [-0.3, -0.25) is 4.79 Å². The van der Waals surface area contributed by atoms with Crippen LogP contribution in [-0.2, 0) is 4.79 Å². The first-order valence-corrected chi connectivity index (χ1v) is 8.10. The molecule has 0 unspecified atom stereocenters. The van der Waals surface area contributed by atoms with Crippen LogP contribution in [0.3, 0.4) is 0 Å². The normalized spacial score (nSPS) is 11.2. The molecule has 1 N–H and O–H groups in total. The third-order valence-electron chi connectivity index (χ3n) is 2.94. The number of hydrogen-bond acceptors (Lipinski definition) is 3. The second kappa shape index (κ2) is 8.10. The van der Waals surface area contributed by atoms with E-state index in [0.29, 0.717) is 0 Å². The highest BCUT2D eigenvalue weighted by Crippen LogP contribution is 2.27. The molecule has 0 saturated heterocycles. The van der Waals surface area contributed by atoms with Crippen LogP contribution in [0.25, 0.3) is 0 Å². The van der Waals surface area contributed by atoms with E-state index in [4.69, 9.17) is 4.74 Å². The molecule has 0 aromatic heterocycles. The van der Waals surface area contributed by atoms with Crippen molar-refractivity contribution in [1.82, 2.24) is 0 Å². The number of carbonyl (C=O) groups excluding carboxylic acids is 1. The average Bonchev–Trinajstić information content (AvgIpc) is 2.53. The molecule has 7 heteroatoms. The summed E-state index contributed by atoms with van der Waals surface area (Å²) in [6, 6.07) is 13.8. The van der Waals surface area contributed by atoms with E-state index < -0.39 is 12.8 Å². The van der Waals surface area contributed by atoms with Gasteiger partial charge in [-0.1, -0.05) is 29.8 Å². The highest BCUT2D eigenvalue weighted by molar-refractivity contribution is 8.00. The summed E-state index contributed by atoms with van der Waals surface area (Å²) in [6.45, 7) is 0.567. The number of alkyl halides is 3. The fourth-order valence-electron chi connectivity index (χ4n) is 1.83. The van der Waals surface area contributed by atoms with E-state index in [9.17, 15) is 18.0 Å². The second-order valence-corrected chi connectivity index (χ2v) is 6.10. The summed E-state index contributed by atoms with van der Waals surface area (Å²) in [5.41, 5.74) is 1.34. The zero-order valence-electron chi connectivity index (χ0n) is 12.9. The zero-order valence-corrected chi connectivity index (χ0v) is 13.7. The summed E-state index contributed by atoms with van der Waals surface area (Å²) in [4.78, 5) is 12.9. The van der Waals surface area contributed by atoms with Crippen LogP contribution in [0.5, 0.6) is 5.75 Å². The number of nitrogens with one attached hydrogen (secondary N) is 1. The molecule has 0 atom stereocenters. The van der Waals surface area contributed by atoms with Gasteiger partial charge < -0.3 is 10.1 Å². The van der Waals surface area contributed by atoms with Gasteiger partial charge in [0.05, 0.1) is 11.4 Å². The van der Waals surface area contributed by atoms with Crippen LogP contribution in [0.15, 0.2) is 53.4 Å². The standard InChI is InChI=1S/C17H16F3NO2S/c1-12-6-8-13(9-7-12)24-10-16(22)21-14-4-2-3-5-15(14)23-11-17(18,19)20/h2-9H,10-11H2,1H3,(H,21,22). The quantitative estimate of drug-likeness (QED) is 0.766. The SMILES string of the molecule is Cc1ccc(SCC(=O)Nc2ccccc2OCC(F)(F)F)cc1. The van der Waals surface area contributed by atoms with E-state index in [1.54, 1.807) is 12.1 Å². The Hall–Kier alpha value is -2.15. The summed E-state index contributed by atoms with van der Waals surface area (Å²) in [5.74, 6) is -0.177. The summed E-state index contributed by atoms with van der Waals surface area (Å²) in [5, 5.41) is 2.58. The van der Waals surface area contributed by atoms with Gasteiger partial charge >= 0.3 is 6.18 Å². The number of ether oxygens (including phenoxy) is 1. The molecule has 0 bridgehead atoms. The van der Waals surface area contributed by atoms with Gasteiger partial charge in [-0.2, -0.15) is 13.2 Å². The van der Waals surface area contributed by atoms with Gasteiger partial charge in [0.2, 0.25) is 5.91 Å². The second-order valence-electron chi connectivity index (χ2n) is 5.05. The number of para-hydroxylation sites is 2. The van der Waals surface area contributed by atoms with E-state index in [1.807, 2.05) is 31.2 Å². The number of thioether (sulfide) groups is 1. The Kier molecular flexibility index (Phi) is 6.14. The molecule has 2 aromatic carbocycles. The van der Waals surface area contributed by atoms with Gasteiger partial charge in [-0.15, -0.1) is 11.8 Å². The smallest absolute Gasteiger partial charge is 0.422 e. The third kappa shape index (κ3) is 6.16. The van der Waals surface area contributed by atoms with Crippen molar-refractivity contribution in [2.75, 3.05) is 17.7 Å². The topological polar surface area (TPSA) is 38.3 Å². The number of amides is 1. The molecule has 0 saturated carbocycles. The van der Waals surface area contributed by atoms with Crippen molar-refractivity contribution in [2.45, 2.75) is 18.0 Å². The maximum absolute atomic E-state index is 12.3. The Bertz CT molecular complexity index is 687. The number of carbonyl (C=O) groups is 1. The van der Waals surface area contributed by atoms with Gasteiger partial charge in [0.1, 0.15) is 5.75 Å². The molecule has 128 valence electrons. The lowest BCUT2D eigenvalue weighted by Crippen LogP contribution is -2.20. The van der Waals surface area contributed by atoms with Crippen LogP contribution >= 0.6 is 11.8 Å². The molecule has 0 radical (unpaired) electrons. The van der Waals surface area contributed by atoms with E-state index in [2.05, 4.69) is 5.32 Å². The van der Waals surface area contributed by atoms with Gasteiger partial charge in [-0.05, 0) is 31.2 Å². The van der Waals surface area contributed by atoms with Crippen LogP contribution in [0.1, 0.15) is 5.56 Å². The monoisotopic (exact) mass is 355 g/mol. The van der Waals surface area contributed by atoms with E-state index in [-0.39, 0.29) is 23.1 Å². The first-order valence-electron chi connectivity index (χ1n) is 7.11. The summed E-state index contributed by atoms with van der Waals surface area (Å²) in [7, 11) is 0. The number of hydrogen-bond donors (Lipinski definition) is 1. The van der Waals surface area contributed by atoms with Gasteiger partial charge in [0.15, 0.2) is 6.61 Å². The van der Waals surface area contributed by atoms with Crippen molar-refractivity contribution < 1.29 is 22.7 Å². The molecule has 0 aliphatic carbocycles. The Balaban J connectivity index is 1.92. The Morgan fingerprint density at radius 2 is 1.79 bits per heavy atom. The minimum atomic E-state index is -4.43. The van der Waals surface area contributed by atoms with Crippen LogP contribution in [0, 0.1) is 6.92 Å². The fourth-order valence-corrected chi connectivity index (χ4v) is 2.52. The van der Waals surface area contributed by atoms with E-state index in [0.717, 1.165) is 10.5 Å². The van der Waals surface area contributed by atoms with Crippen molar-refractivity contribution in [3.8, 4) is 5.75 Å². The first kappa shape index (κ1) is 18.2. The number of benzene rings is 2. The fraction of sp³-hybridized carbons (Fsp3) is 0.235. The van der Waals surface area contributed by atoms with Crippen LogP contribution in [0.2, 0.25) is 0 Å². The number of halogens is 3. The minimum absolute atomic E-state index is 0.0106. The van der Waals surface area contributed by atoms with Crippen LogP contribution in [-0.4, -0.2) is 24.4 Å². The molecule has 2 aromatic rings. The van der Waals surface area contributed by atoms with Gasteiger partial charge in [-0.25, -0.2) is 0 Å². The lowest BCUT2D eigenvalue weighted by atomic mass is 10.2. The van der Waals surface area contributed by atoms with Gasteiger partial charge in [0.25, 0.3) is 0 Å². The largest absolute Gasteiger partial charge is 0.482 e. The maximum Gasteiger partial charge on any atom is 0.422 e. The summed E-state index contributed by atoms with van der Waals surface area (Å²) < 4.78 is 41.5. The van der Waals surface area contributed by atoms with E-state index in [1.165, 1.54) is 23.9 Å². The third-order valence-corrected chi connectivity index (χ3v) is 3.96. The Morgan fingerprint density at radius 3 is 2.46 bits per heavy atom. The predicted octanol–water partition coefficient (Wildman–Crippen LogP) is 4.67. The van der Waals surface area contributed by atoms with Crippen molar-refractivity contribution >= 4 is 23.4 Å². The van der Waals surface area contributed by atoms with Crippen molar-refractivity contribution in [3.05, 3.63) is 54.1 Å². The molecule has 24 heavy (non-hydrogen) atoms. The molecular formula is C17H16F3NO2S. The molecule has 2 rings (SSSR count). The minimum Gasteiger partial charge on any atom is -0.482 e. The Labute approximate surface area is 142 Å². The number of aryl methyl sites for hydroxylation is 1. The van der Waals surface area contributed by atoms with Crippen LogP contribution < -0.4 is 10.1 Å². The average molecular weight is 355 g/mol. The molecule has 0 heterocycles. The molecule has 0 spiro atoms. The lowest BCUT2D eigenvalue weighted by Gasteiger charge is -2.13. The maximum atomic E-state index is 12.3. The van der Waals surface area contributed by atoms with Gasteiger partial charge in [0, 0.05) is 4.90 Å². The molecular weight excluding hydrogens is 339 g/mol. The van der Waals surface area contributed by atoms with E-state index >= 15 is 0 Å². The number of rotatable bonds is 6. The molecule has 1 amide bonds. The molecule has 0 aliphatic heterocycles. The van der Waals surface area contributed by atoms with Crippen molar-refractivity contribution in [1.29, 1.82) is 0 Å². The van der Waals surface area contributed by atoms with Crippen LogP contribution in [0.4, 0.5) is 18.9 Å². The van der Waals surface area contributed by atoms with Crippen molar-refractivity contribution in [3.63, 3.8) is 0 Å². The highest BCUT2D eigenvalue weighted by Gasteiger charge is 2.28. The first-order chi connectivity index (χ1) is 11.3. The molecule has 0 fully saturated rings. The zero-order chi connectivity index (χ0) is 17.6.